The molecule has 0 saturated carbocycles. The van der Waals surface area contributed by atoms with Crippen LogP contribution >= 0.6 is 9.24 Å². The van der Waals surface area contributed by atoms with E-state index >= 15 is 0 Å². The third kappa shape index (κ3) is 1.99. The van der Waals surface area contributed by atoms with Gasteiger partial charge < -0.3 is 0 Å². The molecule has 1 heterocycles. The summed E-state index contributed by atoms with van der Waals surface area (Å²) in [6, 6.07) is 7.80. The lowest BCUT2D eigenvalue weighted by atomic mass is 10.3. The van der Waals surface area contributed by atoms with E-state index in [0.29, 0.717) is 0 Å². The average Bonchev–Trinajstić information content (AvgIpc) is 2.21. The molecular formula is C9H11N2P. The zero-order valence-corrected chi connectivity index (χ0v) is 8.09. The molecule has 0 aliphatic rings. The lowest BCUT2D eigenvalue weighted by Gasteiger charge is -1.90. The minimum Gasteiger partial charge on any atom is -0.253 e. The Morgan fingerprint density at radius 3 is 1.75 bits per heavy atom. The minimum atomic E-state index is 0.949. The van der Waals surface area contributed by atoms with Crippen LogP contribution in [0.25, 0.3) is 11.0 Å². The number of hydrogen-bond donors (Lipinski definition) is 0. The molecule has 0 fully saturated rings. The van der Waals surface area contributed by atoms with Gasteiger partial charge in [-0.25, -0.2) is 0 Å². The van der Waals surface area contributed by atoms with Crippen LogP contribution in [0, 0.1) is 0 Å². The topological polar surface area (TPSA) is 25.8 Å². The summed E-state index contributed by atoms with van der Waals surface area (Å²) in [7, 11) is 2.42. The summed E-state index contributed by atoms with van der Waals surface area (Å²) in [6.07, 6.45) is 3.39. The summed E-state index contributed by atoms with van der Waals surface area (Å²) in [5.41, 5.74) is 1.90. The van der Waals surface area contributed by atoms with Gasteiger partial charge in [-0.05, 0) is 12.1 Å². The Morgan fingerprint density at radius 2 is 1.33 bits per heavy atom. The van der Waals surface area contributed by atoms with Gasteiger partial charge >= 0.3 is 0 Å². The number of nitrogens with zero attached hydrogens (tertiary/aromatic N) is 2. The Labute approximate surface area is 74.3 Å². The Bertz CT molecular complexity index is 284. The monoisotopic (exact) mass is 178 g/mol. The van der Waals surface area contributed by atoms with Crippen LogP contribution in [0.4, 0.5) is 0 Å². The highest BCUT2D eigenvalue weighted by molar-refractivity contribution is 7.15. The highest BCUT2D eigenvalue weighted by atomic mass is 31.0. The average molecular weight is 178 g/mol. The quantitative estimate of drug-likeness (QED) is 0.577. The molecule has 0 saturated heterocycles. The molecule has 1 aromatic heterocycles. The molecule has 0 bridgehead atoms. The van der Waals surface area contributed by atoms with E-state index in [1.165, 1.54) is 0 Å². The molecule has 0 spiro atoms. The molecular weight excluding hydrogens is 167 g/mol. The SMILES string of the molecule is CP.c1ccc2nccnc2c1. The maximum Gasteiger partial charge on any atom is 0.0886 e. The van der Waals surface area contributed by atoms with Crippen molar-refractivity contribution in [2.75, 3.05) is 6.66 Å². The van der Waals surface area contributed by atoms with Crippen molar-refractivity contribution in [1.82, 2.24) is 9.97 Å². The molecule has 2 rings (SSSR count). The maximum atomic E-state index is 4.12. The smallest absolute Gasteiger partial charge is 0.0886 e. The number of para-hydroxylation sites is 2. The molecule has 0 radical (unpaired) electrons. The van der Waals surface area contributed by atoms with Crippen molar-refractivity contribution in [2.24, 2.45) is 0 Å². The molecule has 62 valence electrons. The maximum absolute atomic E-state index is 4.12. The normalized spacial score (nSPS) is 8.83. The van der Waals surface area contributed by atoms with Crippen LogP contribution < -0.4 is 0 Å². The van der Waals surface area contributed by atoms with Crippen molar-refractivity contribution in [3.8, 4) is 0 Å². The molecule has 0 N–H and O–H groups in total. The number of aromatic nitrogens is 2. The Balaban J connectivity index is 0.000000336. The fourth-order valence-corrected chi connectivity index (χ4v) is 0.910. The Kier molecular flexibility index (Phi) is 3.62. The van der Waals surface area contributed by atoms with Gasteiger partial charge in [0.25, 0.3) is 0 Å². The molecule has 3 heteroatoms. The zero-order chi connectivity index (χ0) is 8.81. The first-order chi connectivity index (χ1) is 5.97. The fraction of sp³-hybridized carbons (Fsp3) is 0.111. The fourth-order valence-electron chi connectivity index (χ4n) is 0.910. The predicted octanol–water partition coefficient (Wildman–Crippen LogP) is 2.12. The van der Waals surface area contributed by atoms with Crippen LogP contribution in [0.2, 0.25) is 0 Å². The highest BCUT2D eigenvalue weighted by Gasteiger charge is 1.88. The molecule has 0 aliphatic heterocycles. The lowest BCUT2D eigenvalue weighted by Crippen LogP contribution is -1.78. The van der Waals surface area contributed by atoms with E-state index in [-0.39, 0.29) is 0 Å². The van der Waals surface area contributed by atoms with Crippen molar-refractivity contribution in [3.63, 3.8) is 0 Å². The van der Waals surface area contributed by atoms with Crippen LogP contribution in [0.3, 0.4) is 0 Å². The summed E-state index contributed by atoms with van der Waals surface area (Å²) < 4.78 is 0. The van der Waals surface area contributed by atoms with E-state index in [0.717, 1.165) is 11.0 Å². The summed E-state index contributed by atoms with van der Waals surface area (Å²) in [5, 5.41) is 0. The van der Waals surface area contributed by atoms with Crippen LogP contribution in [0.5, 0.6) is 0 Å². The molecule has 2 nitrogen and oxygen atoms in total. The van der Waals surface area contributed by atoms with Crippen molar-refractivity contribution < 1.29 is 0 Å². The molecule has 1 atom stereocenters. The van der Waals surface area contributed by atoms with E-state index in [2.05, 4.69) is 19.2 Å². The molecule has 1 unspecified atom stereocenters. The molecule has 0 amide bonds. The van der Waals surface area contributed by atoms with Gasteiger partial charge in [0.15, 0.2) is 0 Å². The van der Waals surface area contributed by atoms with Crippen molar-refractivity contribution >= 4 is 20.3 Å². The van der Waals surface area contributed by atoms with Gasteiger partial charge in [0.05, 0.1) is 11.0 Å². The summed E-state index contributed by atoms with van der Waals surface area (Å²) in [6.45, 7) is 1.92. The largest absolute Gasteiger partial charge is 0.253 e. The van der Waals surface area contributed by atoms with Gasteiger partial charge in [0.2, 0.25) is 0 Å². The van der Waals surface area contributed by atoms with E-state index < -0.39 is 0 Å². The van der Waals surface area contributed by atoms with Crippen molar-refractivity contribution in [2.45, 2.75) is 0 Å². The minimum absolute atomic E-state index is 0.949. The van der Waals surface area contributed by atoms with Gasteiger partial charge in [-0.2, -0.15) is 0 Å². The Hall–Kier alpha value is -1.01. The van der Waals surface area contributed by atoms with E-state index in [1.807, 2.05) is 30.9 Å². The van der Waals surface area contributed by atoms with Gasteiger partial charge in [-0.3, -0.25) is 9.97 Å². The number of hydrogen-bond acceptors (Lipinski definition) is 2. The van der Waals surface area contributed by atoms with Crippen LogP contribution in [0.15, 0.2) is 36.7 Å². The summed E-state index contributed by atoms with van der Waals surface area (Å²) in [5.74, 6) is 0. The molecule has 1 aromatic carbocycles. The summed E-state index contributed by atoms with van der Waals surface area (Å²) >= 11 is 0. The molecule has 12 heavy (non-hydrogen) atoms. The predicted molar refractivity (Wildman–Crippen MR) is 55.2 cm³/mol. The first-order valence-corrected chi connectivity index (χ1v) is 4.86. The van der Waals surface area contributed by atoms with E-state index in [1.54, 1.807) is 12.4 Å². The zero-order valence-electron chi connectivity index (χ0n) is 6.94. The highest BCUT2D eigenvalue weighted by Crippen LogP contribution is 2.04. The summed E-state index contributed by atoms with van der Waals surface area (Å²) in [4.78, 5) is 8.24. The second kappa shape index (κ2) is 4.78. The van der Waals surface area contributed by atoms with E-state index in [4.69, 9.17) is 0 Å². The number of rotatable bonds is 0. The van der Waals surface area contributed by atoms with Crippen LogP contribution in [-0.4, -0.2) is 16.6 Å². The third-order valence-electron chi connectivity index (χ3n) is 1.38. The van der Waals surface area contributed by atoms with Crippen LogP contribution in [0.1, 0.15) is 0 Å². The molecule has 0 aliphatic carbocycles. The number of fused-ring (bicyclic) bond motifs is 1. The van der Waals surface area contributed by atoms with Crippen molar-refractivity contribution in [1.29, 1.82) is 0 Å². The first kappa shape index (κ1) is 9.08. The van der Waals surface area contributed by atoms with Gasteiger partial charge in [-0.1, -0.05) is 18.8 Å². The first-order valence-electron chi connectivity index (χ1n) is 3.70. The second-order valence-corrected chi connectivity index (χ2v) is 2.05. The van der Waals surface area contributed by atoms with Crippen LogP contribution in [-0.2, 0) is 0 Å². The third-order valence-corrected chi connectivity index (χ3v) is 1.38. The Morgan fingerprint density at radius 1 is 0.917 bits per heavy atom. The number of benzene rings is 1. The standard InChI is InChI=1S/C8H6N2.CH5P/c1-2-4-8-7(3-1)9-5-6-10-8;1-2/h1-6H;2H2,1H3. The van der Waals surface area contributed by atoms with Crippen molar-refractivity contribution in [3.05, 3.63) is 36.7 Å². The van der Waals surface area contributed by atoms with Gasteiger partial charge in [0, 0.05) is 12.4 Å². The second-order valence-electron chi connectivity index (χ2n) is 2.05. The van der Waals surface area contributed by atoms with Gasteiger partial charge in [0.1, 0.15) is 0 Å². The van der Waals surface area contributed by atoms with Gasteiger partial charge in [-0.15, -0.1) is 9.24 Å². The molecule has 2 aromatic rings. The van der Waals surface area contributed by atoms with E-state index in [9.17, 15) is 0 Å². The lowest BCUT2D eigenvalue weighted by molar-refractivity contribution is 1.29.